The molecule has 36 heavy (non-hydrogen) atoms. The fourth-order valence-corrected chi connectivity index (χ4v) is 5.45. The Morgan fingerprint density at radius 3 is 2.53 bits per heavy atom. The third-order valence-electron chi connectivity index (χ3n) is 6.93. The van der Waals surface area contributed by atoms with Crippen molar-refractivity contribution in [2.75, 3.05) is 38.5 Å². The Morgan fingerprint density at radius 1 is 0.889 bits per heavy atom. The average molecular weight is 494 g/mol. The van der Waals surface area contributed by atoms with Gasteiger partial charge in [0.05, 0.1) is 21.2 Å². The molecule has 7 heteroatoms. The number of piperazine rings is 1. The van der Waals surface area contributed by atoms with Crippen LogP contribution < -0.4 is 5.32 Å². The number of fused-ring (bicyclic) bond motifs is 2. The molecule has 0 aliphatic carbocycles. The van der Waals surface area contributed by atoms with Gasteiger partial charge >= 0.3 is 0 Å². The van der Waals surface area contributed by atoms with E-state index in [1.54, 1.807) is 11.3 Å². The highest BCUT2D eigenvalue weighted by Gasteiger charge is 2.21. The summed E-state index contributed by atoms with van der Waals surface area (Å²) in [6.45, 7) is 5.42. The first-order valence-electron chi connectivity index (χ1n) is 12.1. The first kappa shape index (κ1) is 22.6. The summed E-state index contributed by atoms with van der Waals surface area (Å²) in [5.41, 5.74) is 9.73. The second-order valence-corrected chi connectivity index (χ2v) is 10.3. The Morgan fingerprint density at radius 2 is 1.69 bits per heavy atom. The molecule has 1 fully saturated rings. The Hall–Kier alpha value is -3.81. The van der Waals surface area contributed by atoms with Crippen molar-refractivity contribution >= 4 is 49.7 Å². The Kier molecular flexibility index (Phi) is 5.87. The first-order valence-corrected chi connectivity index (χ1v) is 13.0. The number of aromatic nitrogens is 2. The van der Waals surface area contributed by atoms with E-state index >= 15 is 0 Å². The predicted octanol–water partition coefficient (Wildman–Crippen LogP) is 5.95. The molecule has 0 unspecified atom stereocenters. The number of pyridine rings is 1. The van der Waals surface area contributed by atoms with Crippen LogP contribution in [0.2, 0.25) is 0 Å². The summed E-state index contributed by atoms with van der Waals surface area (Å²) < 4.78 is 1.18. The van der Waals surface area contributed by atoms with Gasteiger partial charge in [-0.3, -0.25) is 9.78 Å². The zero-order valence-corrected chi connectivity index (χ0v) is 21.2. The lowest BCUT2D eigenvalue weighted by Crippen LogP contribution is -2.47. The van der Waals surface area contributed by atoms with E-state index in [9.17, 15) is 4.79 Å². The van der Waals surface area contributed by atoms with Gasteiger partial charge in [-0.15, -0.1) is 11.3 Å². The van der Waals surface area contributed by atoms with Gasteiger partial charge in [-0.2, -0.15) is 0 Å². The van der Waals surface area contributed by atoms with Gasteiger partial charge in [0, 0.05) is 54.7 Å². The smallest absolute Gasteiger partial charge is 0.254 e. The Bertz CT molecular complexity index is 1590. The minimum absolute atomic E-state index is 0.124. The number of thiazole rings is 1. The number of aryl methyl sites for hydroxylation is 1. The molecule has 0 bridgehead atoms. The molecule has 0 spiro atoms. The van der Waals surface area contributed by atoms with E-state index in [1.165, 1.54) is 4.70 Å². The normalized spacial score (nSPS) is 14.4. The van der Waals surface area contributed by atoms with Crippen molar-refractivity contribution in [3.05, 3.63) is 83.5 Å². The van der Waals surface area contributed by atoms with Gasteiger partial charge < -0.3 is 15.1 Å². The molecule has 0 radical (unpaired) electrons. The van der Waals surface area contributed by atoms with Gasteiger partial charge in [0.1, 0.15) is 0 Å². The number of rotatable bonds is 4. The summed E-state index contributed by atoms with van der Waals surface area (Å²) in [6, 6.07) is 20.7. The van der Waals surface area contributed by atoms with Crippen molar-refractivity contribution in [1.29, 1.82) is 0 Å². The van der Waals surface area contributed by atoms with Crippen LogP contribution in [0.15, 0.2) is 72.4 Å². The fourth-order valence-electron chi connectivity index (χ4n) is 4.79. The molecule has 1 N–H and O–H groups in total. The number of amides is 1. The summed E-state index contributed by atoms with van der Waals surface area (Å²) in [5, 5.41) is 4.58. The highest BCUT2D eigenvalue weighted by atomic mass is 32.1. The quantitative estimate of drug-likeness (QED) is 0.335. The molecular weight excluding hydrogens is 466 g/mol. The van der Waals surface area contributed by atoms with Crippen LogP contribution in [-0.2, 0) is 0 Å². The minimum atomic E-state index is 0.124. The number of nitrogens with one attached hydrogen (secondary N) is 1. The molecule has 6 rings (SSSR count). The molecule has 5 aromatic rings. The van der Waals surface area contributed by atoms with Gasteiger partial charge in [0.25, 0.3) is 5.91 Å². The van der Waals surface area contributed by atoms with Crippen molar-refractivity contribution in [1.82, 2.24) is 19.8 Å². The van der Waals surface area contributed by atoms with E-state index in [2.05, 4.69) is 69.7 Å². The zero-order chi connectivity index (χ0) is 24.6. The van der Waals surface area contributed by atoms with E-state index < -0.39 is 0 Å². The van der Waals surface area contributed by atoms with E-state index in [-0.39, 0.29) is 5.91 Å². The van der Waals surface area contributed by atoms with E-state index in [1.807, 2.05) is 41.7 Å². The number of hydrogen-bond acceptors (Lipinski definition) is 6. The van der Waals surface area contributed by atoms with Crippen LogP contribution in [0.1, 0.15) is 15.9 Å². The molecule has 0 atom stereocenters. The molecule has 3 aromatic carbocycles. The highest BCUT2D eigenvalue weighted by Crippen LogP contribution is 2.31. The molecule has 1 amide bonds. The highest BCUT2D eigenvalue weighted by molar-refractivity contribution is 7.16. The average Bonchev–Trinajstić information content (AvgIpc) is 3.37. The van der Waals surface area contributed by atoms with Crippen LogP contribution in [0, 0.1) is 6.92 Å². The largest absolute Gasteiger partial charge is 0.355 e. The second-order valence-electron chi connectivity index (χ2n) is 9.38. The number of anilines is 2. The number of likely N-dealkylation sites (N-methyl/N-ethyl adjacent to an activating group) is 1. The Labute approximate surface area is 214 Å². The number of carbonyl (C=O) groups excluding carboxylic acids is 1. The van der Waals surface area contributed by atoms with E-state index in [0.29, 0.717) is 0 Å². The van der Waals surface area contributed by atoms with Crippen LogP contribution in [0.5, 0.6) is 0 Å². The van der Waals surface area contributed by atoms with Crippen LogP contribution in [0.4, 0.5) is 11.4 Å². The SMILES string of the molecule is Cc1cc(-c2ccc3c(Nc4ccc5scnc5c4)ccnc3c2)ccc1C(=O)N1CCN(C)CC1. The molecule has 2 aromatic heterocycles. The summed E-state index contributed by atoms with van der Waals surface area (Å²) in [5.74, 6) is 0.124. The lowest BCUT2D eigenvalue weighted by Gasteiger charge is -2.32. The van der Waals surface area contributed by atoms with Crippen molar-refractivity contribution in [2.45, 2.75) is 6.92 Å². The van der Waals surface area contributed by atoms with Crippen LogP contribution in [0.3, 0.4) is 0 Å². The van der Waals surface area contributed by atoms with Crippen LogP contribution in [-0.4, -0.2) is 58.9 Å². The molecule has 1 aliphatic rings. The predicted molar refractivity (Wildman–Crippen MR) is 148 cm³/mol. The zero-order valence-electron chi connectivity index (χ0n) is 20.4. The van der Waals surface area contributed by atoms with Crippen molar-refractivity contribution in [2.24, 2.45) is 0 Å². The summed E-state index contributed by atoms with van der Waals surface area (Å²) in [6.07, 6.45) is 1.83. The molecular formula is C29H27N5OS. The molecule has 3 heterocycles. The number of hydrogen-bond donors (Lipinski definition) is 1. The lowest BCUT2D eigenvalue weighted by atomic mass is 9.98. The third-order valence-corrected chi connectivity index (χ3v) is 7.74. The Balaban J connectivity index is 1.26. The number of benzene rings is 3. The monoisotopic (exact) mass is 493 g/mol. The number of nitrogens with zero attached hydrogens (tertiary/aromatic N) is 4. The maximum absolute atomic E-state index is 13.1. The van der Waals surface area contributed by atoms with Crippen molar-refractivity contribution < 1.29 is 4.79 Å². The first-order chi connectivity index (χ1) is 17.5. The lowest BCUT2D eigenvalue weighted by molar-refractivity contribution is 0.0663. The summed E-state index contributed by atoms with van der Waals surface area (Å²) in [4.78, 5) is 26.4. The van der Waals surface area contributed by atoms with Gasteiger partial charge in [-0.1, -0.05) is 24.3 Å². The maximum Gasteiger partial charge on any atom is 0.254 e. The molecule has 6 nitrogen and oxygen atoms in total. The molecule has 1 aliphatic heterocycles. The standard InChI is InChI=1S/C29H27N5OS/c1-19-15-20(3-6-23(19)29(35)34-13-11-33(2)12-14-34)21-4-7-24-25(9-10-30-26(24)16-21)32-22-5-8-28-27(17-22)31-18-36-28/h3-10,15-18H,11-14H2,1-2H3,(H,30,32). The van der Waals surface area contributed by atoms with Gasteiger partial charge in [-0.25, -0.2) is 4.98 Å². The minimum Gasteiger partial charge on any atom is -0.355 e. The van der Waals surface area contributed by atoms with E-state index in [4.69, 9.17) is 0 Å². The van der Waals surface area contributed by atoms with Crippen molar-refractivity contribution in [3.63, 3.8) is 0 Å². The fraction of sp³-hybridized carbons (Fsp3) is 0.207. The van der Waals surface area contributed by atoms with Gasteiger partial charge in [-0.05, 0) is 67.1 Å². The van der Waals surface area contributed by atoms with Crippen molar-refractivity contribution in [3.8, 4) is 11.1 Å². The third kappa shape index (κ3) is 4.32. The molecule has 0 saturated carbocycles. The molecule has 180 valence electrons. The van der Waals surface area contributed by atoms with Crippen LogP contribution >= 0.6 is 11.3 Å². The molecule has 1 saturated heterocycles. The summed E-state index contributed by atoms with van der Waals surface area (Å²) >= 11 is 1.64. The topological polar surface area (TPSA) is 61.4 Å². The van der Waals surface area contributed by atoms with Gasteiger partial charge in [0.2, 0.25) is 0 Å². The maximum atomic E-state index is 13.1. The summed E-state index contributed by atoms with van der Waals surface area (Å²) in [7, 11) is 2.10. The number of carbonyl (C=O) groups is 1. The second kappa shape index (κ2) is 9.33. The van der Waals surface area contributed by atoms with Gasteiger partial charge in [0.15, 0.2) is 0 Å². The van der Waals surface area contributed by atoms with Crippen LogP contribution in [0.25, 0.3) is 32.2 Å². The van der Waals surface area contributed by atoms with E-state index in [0.717, 1.165) is 76.2 Å².